The van der Waals surface area contributed by atoms with Gasteiger partial charge in [0.05, 0.1) is 0 Å². The second-order valence-electron chi connectivity index (χ2n) is 7.87. The van der Waals surface area contributed by atoms with Crippen molar-refractivity contribution in [1.82, 2.24) is 9.80 Å². The van der Waals surface area contributed by atoms with E-state index in [1.807, 2.05) is 0 Å². The third-order valence-electron chi connectivity index (χ3n) is 5.74. The number of likely N-dealkylation sites (N-methyl/N-ethyl adjacent to an activating group) is 1. The van der Waals surface area contributed by atoms with Crippen LogP contribution in [0.2, 0.25) is 0 Å². The van der Waals surface area contributed by atoms with E-state index in [2.05, 4.69) is 23.6 Å². The molecule has 0 aliphatic carbocycles. The Morgan fingerprint density at radius 3 is 1.25 bits per heavy atom. The van der Waals surface area contributed by atoms with Crippen LogP contribution < -0.4 is 0 Å². The largest absolute Gasteiger partial charge is 0.301 e. The van der Waals surface area contributed by atoms with Crippen LogP contribution in [-0.2, 0) is 0 Å². The lowest BCUT2D eigenvalue weighted by Gasteiger charge is -2.33. The van der Waals surface area contributed by atoms with Crippen molar-refractivity contribution in [3.63, 3.8) is 0 Å². The highest BCUT2D eigenvalue weighted by molar-refractivity contribution is 4.70. The van der Waals surface area contributed by atoms with Crippen molar-refractivity contribution >= 4 is 0 Å². The smallest absolute Gasteiger partial charge is 0.0110 e. The molecule has 0 aromatic heterocycles. The molecule has 1 rings (SSSR count). The average molecular weight is 339 g/mol. The minimum atomic E-state index is 1.23. The monoisotopic (exact) mass is 338 g/mol. The summed E-state index contributed by atoms with van der Waals surface area (Å²) in [4.78, 5) is 5.24. The predicted molar refractivity (Wildman–Crippen MR) is 109 cm³/mol. The van der Waals surface area contributed by atoms with Gasteiger partial charge in [0.2, 0.25) is 0 Å². The fourth-order valence-corrected chi connectivity index (χ4v) is 3.86. The number of rotatable bonds is 16. The van der Waals surface area contributed by atoms with Gasteiger partial charge in [-0.05, 0) is 19.5 Å². The molecule has 0 atom stereocenters. The molecule has 1 fully saturated rings. The lowest BCUT2D eigenvalue weighted by molar-refractivity contribution is 0.135. The fourth-order valence-electron chi connectivity index (χ4n) is 3.86. The first-order valence-corrected chi connectivity index (χ1v) is 11.3. The molecule has 144 valence electrons. The SMILES string of the molecule is CCCCCCCCCCCCCCCCN1CCN(CC)CC1. The van der Waals surface area contributed by atoms with E-state index in [1.165, 1.54) is 129 Å². The Bertz CT molecular complexity index is 246. The van der Waals surface area contributed by atoms with E-state index >= 15 is 0 Å². The van der Waals surface area contributed by atoms with E-state index in [-0.39, 0.29) is 0 Å². The second kappa shape index (κ2) is 16.4. The van der Waals surface area contributed by atoms with Crippen LogP contribution in [0.3, 0.4) is 0 Å². The van der Waals surface area contributed by atoms with Crippen molar-refractivity contribution < 1.29 is 0 Å². The first-order valence-electron chi connectivity index (χ1n) is 11.3. The van der Waals surface area contributed by atoms with Crippen molar-refractivity contribution in [1.29, 1.82) is 0 Å². The molecule has 0 saturated carbocycles. The molecule has 1 aliphatic rings. The summed E-state index contributed by atoms with van der Waals surface area (Å²) in [6, 6.07) is 0. The molecule has 0 bridgehead atoms. The van der Waals surface area contributed by atoms with Crippen molar-refractivity contribution in [3.8, 4) is 0 Å². The van der Waals surface area contributed by atoms with Gasteiger partial charge in [0.1, 0.15) is 0 Å². The van der Waals surface area contributed by atoms with Crippen molar-refractivity contribution in [2.75, 3.05) is 39.3 Å². The Balaban J connectivity index is 1.72. The quantitative estimate of drug-likeness (QED) is 0.313. The lowest BCUT2D eigenvalue weighted by atomic mass is 10.0. The van der Waals surface area contributed by atoms with E-state index < -0.39 is 0 Å². The van der Waals surface area contributed by atoms with E-state index in [1.54, 1.807) is 0 Å². The van der Waals surface area contributed by atoms with Gasteiger partial charge in [-0.1, -0.05) is 97.3 Å². The van der Waals surface area contributed by atoms with Gasteiger partial charge in [-0.15, -0.1) is 0 Å². The molecule has 2 heteroatoms. The molecule has 24 heavy (non-hydrogen) atoms. The highest BCUT2D eigenvalue weighted by atomic mass is 15.3. The van der Waals surface area contributed by atoms with Gasteiger partial charge in [0, 0.05) is 26.2 Å². The first kappa shape index (κ1) is 22.0. The van der Waals surface area contributed by atoms with E-state index in [9.17, 15) is 0 Å². The first-order chi connectivity index (χ1) is 11.9. The Kier molecular flexibility index (Phi) is 15.0. The van der Waals surface area contributed by atoms with E-state index in [4.69, 9.17) is 0 Å². The minimum absolute atomic E-state index is 1.23. The Hall–Kier alpha value is -0.0800. The molecule has 0 spiro atoms. The van der Waals surface area contributed by atoms with Gasteiger partial charge < -0.3 is 9.80 Å². The lowest BCUT2D eigenvalue weighted by Crippen LogP contribution is -2.46. The van der Waals surface area contributed by atoms with Gasteiger partial charge in [0.15, 0.2) is 0 Å². The molecule has 0 amide bonds. The number of nitrogens with zero attached hydrogens (tertiary/aromatic N) is 2. The summed E-state index contributed by atoms with van der Waals surface area (Å²) >= 11 is 0. The zero-order valence-corrected chi connectivity index (χ0v) is 17.0. The summed E-state index contributed by atoms with van der Waals surface area (Å²) in [6.45, 7) is 12.3. The third-order valence-corrected chi connectivity index (χ3v) is 5.74. The van der Waals surface area contributed by atoms with Crippen LogP contribution in [0, 0.1) is 0 Å². The highest BCUT2D eigenvalue weighted by Crippen LogP contribution is 2.13. The highest BCUT2D eigenvalue weighted by Gasteiger charge is 2.14. The van der Waals surface area contributed by atoms with Crippen molar-refractivity contribution in [3.05, 3.63) is 0 Å². The normalized spacial score (nSPS) is 16.8. The molecule has 0 N–H and O–H groups in total. The van der Waals surface area contributed by atoms with Gasteiger partial charge in [-0.25, -0.2) is 0 Å². The maximum atomic E-state index is 2.67. The van der Waals surface area contributed by atoms with E-state index in [0.29, 0.717) is 0 Å². The van der Waals surface area contributed by atoms with Crippen LogP contribution in [-0.4, -0.2) is 49.1 Å². The Morgan fingerprint density at radius 1 is 0.458 bits per heavy atom. The molecular weight excluding hydrogens is 292 g/mol. The van der Waals surface area contributed by atoms with Crippen molar-refractivity contribution in [2.24, 2.45) is 0 Å². The predicted octanol–water partition coefficient (Wildman–Crippen LogP) is 6.11. The van der Waals surface area contributed by atoms with Crippen LogP contribution in [0.1, 0.15) is 104 Å². The molecule has 2 nitrogen and oxygen atoms in total. The van der Waals surface area contributed by atoms with Crippen LogP contribution in [0.4, 0.5) is 0 Å². The number of hydrogen-bond acceptors (Lipinski definition) is 2. The van der Waals surface area contributed by atoms with Crippen LogP contribution in [0.25, 0.3) is 0 Å². The summed E-state index contributed by atoms with van der Waals surface area (Å²) in [5.74, 6) is 0. The zero-order chi connectivity index (χ0) is 17.3. The maximum absolute atomic E-state index is 2.67. The zero-order valence-electron chi connectivity index (χ0n) is 17.0. The number of piperazine rings is 1. The van der Waals surface area contributed by atoms with Gasteiger partial charge in [-0.3, -0.25) is 0 Å². The summed E-state index contributed by atoms with van der Waals surface area (Å²) < 4.78 is 0. The Labute approximate surface area is 153 Å². The molecule has 0 aromatic carbocycles. The second-order valence-corrected chi connectivity index (χ2v) is 7.87. The average Bonchev–Trinajstić information content (AvgIpc) is 2.62. The molecule has 1 heterocycles. The summed E-state index contributed by atoms with van der Waals surface area (Å²) in [5.41, 5.74) is 0. The summed E-state index contributed by atoms with van der Waals surface area (Å²) in [7, 11) is 0. The van der Waals surface area contributed by atoms with Crippen LogP contribution in [0.15, 0.2) is 0 Å². The molecule has 0 aromatic rings. The van der Waals surface area contributed by atoms with E-state index in [0.717, 1.165) is 0 Å². The van der Waals surface area contributed by atoms with Crippen molar-refractivity contribution in [2.45, 2.75) is 104 Å². The standard InChI is InChI=1S/C22H46N2/c1-3-5-6-7-8-9-10-11-12-13-14-15-16-17-18-24-21-19-23(4-2)20-22-24/h3-22H2,1-2H3. The molecular formula is C22H46N2. The molecule has 1 aliphatic heterocycles. The topological polar surface area (TPSA) is 6.48 Å². The summed E-state index contributed by atoms with van der Waals surface area (Å²) in [5, 5.41) is 0. The summed E-state index contributed by atoms with van der Waals surface area (Å²) in [6.07, 6.45) is 20.4. The third kappa shape index (κ3) is 12.3. The molecule has 1 saturated heterocycles. The van der Waals surface area contributed by atoms with Crippen LogP contribution >= 0.6 is 0 Å². The van der Waals surface area contributed by atoms with Gasteiger partial charge in [-0.2, -0.15) is 0 Å². The number of unbranched alkanes of at least 4 members (excludes halogenated alkanes) is 13. The molecule has 0 radical (unpaired) electrons. The Morgan fingerprint density at radius 2 is 0.833 bits per heavy atom. The number of hydrogen-bond donors (Lipinski definition) is 0. The van der Waals surface area contributed by atoms with Crippen LogP contribution in [0.5, 0.6) is 0 Å². The fraction of sp³-hybridized carbons (Fsp3) is 1.00. The maximum Gasteiger partial charge on any atom is 0.0110 e. The van der Waals surface area contributed by atoms with Gasteiger partial charge in [0.25, 0.3) is 0 Å². The van der Waals surface area contributed by atoms with Gasteiger partial charge >= 0.3 is 0 Å². The molecule has 0 unspecified atom stereocenters. The minimum Gasteiger partial charge on any atom is -0.301 e.